The van der Waals surface area contributed by atoms with Gasteiger partial charge in [0.15, 0.2) is 0 Å². The third-order valence-corrected chi connectivity index (χ3v) is 2.73. The monoisotopic (exact) mass is 195 g/mol. The van der Waals surface area contributed by atoms with Gasteiger partial charge >= 0.3 is 0 Å². The average molecular weight is 195 g/mol. The lowest BCUT2D eigenvalue weighted by molar-refractivity contribution is 0.322. The van der Waals surface area contributed by atoms with Crippen LogP contribution >= 0.6 is 0 Å². The molecule has 4 nitrogen and oxygen atoms in total. The van der Waals surface area contributed by atoms with Crippen LogP contribution < -0.4 is 0 Å². The number of hydrogen-bond donors (Lipinski definition) is 2. The van der Waals surface area contributed by atoms with E-state index in [2.05, 4.69) is 14.9 Å². The van der Waals surface area contributed by atoms with Crippen LogP contribution in [0.15, 0.2) is 0 Å². The molecular formula is C10H17N3O. The number of aryl methyl sites for hydroxylation is 1. The van der Waals surface area contributed by atoms with Crippen LogP contribution in [0.5, 0.6) is 5.88 Å². The zero-order chi connectivity index (χ0) is 9.97. The molecule has 0 unspecified atom stereocenters. The van der Waals surface area contributed by atoms with Gasteiger partial charge in [-0.15, -0.1) is 0 Å². The molecular weight excluding hydrogens is 178 g/mol. The molecule has 78 valence electrons. The molecule has 2 heterocycles. The topological polar surface area (TPSA) is 52.2 Å². The molecule has 1 aromatic heterocycles. The highest BCUT2D eigenvalue weighted by molar-refractivity contribution is 5.19. The third-order valence-electron chi connectivity index (χ3n) is 2.73. The zero-order valence-corrected chi connectivity index (χ0v) is 8.58. The highest BCUT2D eigenvalue weighted by Gasteiger charge is 2.14. The summed E-state index contributed by atoms with van der Waals surface area (Å²) in [5.74, 6) is 1.06. The summed E-state index contributed by atoms with van der Waals surface area (Å²) in [6, 6.07) is 0. The van der Waals surface area contributed by atoms with Crippen LogP contribution in [-0.4, -0.2) is 33.1 Å². The van der Waals surface area contributed by atoms with Crippen molar-refractivity contribution in [2.24, 2.45) is 0 Å². The van der Waals surface area contributed by atoms with Crippen molar-refractivity contribution < 1.29 is 5.11 Å². The molecule has 14 heavy (non-hydrogen) atoms. The van der Waals surface area contributed by atoms with Crippen molar-refractivity contribution in [2.45, 2.75) is 32.7 Å². The summed E-state index contributed by atoms with van der Waals surface area (Å²) in [5.41, 5.74) is 0.846. The summed E-state index contributed by atoms with van der Waals surface area (Å²) >= 11 is 0. The molecule has 0 spiro atoms. The summed E-state index contributed by atoms with van der Waals surface area (Å²) < 4.78 is 0. The maximum atomic E-state index is 9.44. The summed E-state index contributed by atoms with van der Waals surface area (Å²) in [5, 5.41) is 9.44. The number of aromatic amines is 1. The average Bonchev–Trinajstić information content (AvgIpc) is 2.76. The van der Waals surface area contributed by atoms with Crippen LogP contribution in [0.3, 0.4) is 0 Å². The largest absolute Gasteiger partial charge is 0.492 e. The fourth-order valence-electron chi connectivity index (χ4n) is 1.93. The van der Waals surface area contributed by atoms with Gasteiger partial charge in [0.25, 0.3) is 0 Å². The molecule has 2 N–H and O–H groups in total. The molecule has 0 radical (unpaired) electrons. The molecule has 4 heteroatoms. The second-order valence-corrected chi connectivity index (χ2v) is 3.82. The molecule has 1 saturated heterocycles. The SMILES string of the molecule is CCc1[nH]c(CN2CCCC2)nc1O. The second kappa shape index (κ2) is 4.00. The molecule has 0 aliphatic carbocycles. The predicted octanol–water partition coefficient (Wildman–Crippen LogP) is 1.27. The number of H-pyrrole nitrogens is 1. The summed E-state index contributed by atoms with van der Waals surface area (Å²) in [6.07, 6.45) is 3.37. The predicted molar refractivity (Wildman–Crippen MR) is 54.1 cm³/mol. The van der Waals surface area contributed by atoms with Crippen molar-refractivity contribution in [1.29, 1.82) is 0 Å². The number of likely N-dealkylation sites (tertiary alicyclic amines) is 1. The van der Waals surface area contributed by atoms with E-state index in [-0.39, 0.29) is 5.88 Å². The minimum atomic E-state index is 0.168. The van der Waals surface area contributed by atoms with E-state index in [0.717, 1.165) is 37.6 Å². The molecule has 0 aromatic carbocycles. The van der Waals surface area contributed by atoms with Crippen LogP contribution in [0.25, 0.3) is 0 Å². The lowest BCUT2D eigenvalue weighted by atomic mass is 10.4. The van der Waals surface area contributed by atoms with Gasteiger partial charge in [0, 0.05) is 0 Å². The summed E-state index contributed by atoms with van der Waals surface area (Å²) in [6.45, 7) is 5.16. The second-order valence-electron chi connectivity index (χ2n) is 3.82. The first-order valence-corrected chi connectivity index (χ1v) is 5.28. The van der Waals surface area contributed by atoms with Crippen LogP contribution in [-0.2, 0) is 13.0 Å². The molecule has 0 bridgehead atoms. The van der Waals surface area contributed by atoms with Crippen LogP contribution in [0, 0.1) is 0 Å². The normalized spacial score (nSPS) is 17.8. The molecule has 1 fully saturated rings. The van der Waals surface area contributed by atoms with E-state index in [9.17, 15) is 5.11 Å². The van der Waals surface area contributed by atoms with Gasteiger partial charge in [-0.2, -0.15) is 4.98 Å². The third kappa shape index (κ3) is 1.90. The van der Waals surface area contributed by atoms with E-state index >= 15 is 0 Å². The lowest BCUT2D eigenvalue weighted by Gasteiger charge is -2.11. The summed E-state index contributed by atoms with van der Waals surface area (Å²) in [4.78, 5) is 9.62. The summed E-state index contributed by atoms with van der Waals surface area (Å²) in [7, 11) is 0. The number of aromatic nitrogens is 2. The Kier molecular flexibility index (Phi) is 2.72. The van der Waals surface area contributed by atoms with Gasteiger partial charge in [0.2, 0.25) is 5.88 Å². The number of nitrogens with zero attached hydrogens (tertiary/aromatic N) is 2. The standard InChI is InChI=1S/C10H17N3O/c1-2-8-10(14)12-9(11-8)7-13-5-3-4-6-13/h14H,2-7H2,1H3,(H,11,12). The Morgan fingerprint density at radius 3 is 2.71 bits per heavy atom. The van der Waals surface area contributed by atoms with Gasteiger partial charge in [0.05, 0.1) is 12.2 Å². The first-order chi connectivity index (χ1) is 6.79. The number of aromatic hydroxyl groups is 1. The van der Waals surface area contributed by atoms with Crippen molar-refractivity contribution >= 4 is 0 Å². The van der Waals surface area contributed by atoms with E-state index in [4.69, 9.17) is 0 Å². The Balaban J connectivity index is 2.01. The highest BCUT2D eigenvalue weighted by atomic mass is 16.3. The molecule has 2 rings (SSSR count). The van der Waals surface area contributed by atoms with Crippen molar-refractivity contribution in [3.8, 4) is 5.88 Å². The van der Waals surface area contributed by atoms with Gasteiger partial charge in [-0.05, 0) is 32.4 Å². The molecule has 0 atom stereocenters. The maximum absolute atomic E-state index is 9.44. The van der Waals surface area contributed by atoms with E-state index in [0.29, 0.717) is 0 Å². The zero-order valence-electron chi connectivity index (χ0n) is 8.58. The number of hydrogen-bond acceptors (Lipinski definition) is 3. The van der Waals surface area contributed by atoms with Crippen LogP contribution in [0.2, 0.25) is 0 Å². The van der Waals surface area contributed by atoms with E-state index in [1.807, 2.05) is 6.92 Å². The van der Waals surface area contributed by atoms with Crippen molar-refractivity contribution in [3.63, 3.8) is 0 Å². The van der Waals surface area contributed by atoms with Crippen molar-refractivity contribution in [2.75, 3.05) is 13.1 Å². The molecule has 0 saturated carbocycles. The van der Waals surface area contributed by atoms with Crippen molar-refractivity contribution in [3.05, 3.63) is 11.5 Å². The Hall–Kier alpha value is -1.03. The van der Waals surface area contributed by atoms with Crippen LogP contribution in [0.4, 0.5) is 0 Å². The minimum Gasteiger partial charge on any atom is -0.492 e. The fraction of sp³-hybridized carbons (Fsp3) is 0.700. The Bertz CT molecular complexity index is 302. The van der Waals surface area contributed by atoms with Gasteiger partial charge in [0.1, 0.15) is 5.82 Å². The highest BCUT2D eigenvalue weighted by Crippen LogP contribution is 2.16. The van der Waals surface area contributed by atoms with E-state index < -0.39 is 0 Å². The van der Waals surface area contributed by atoms with Crippen LogP contribution in [0.1, 0.15) is 31.3 Å². The quantitative estimate of drug-likeness (QED) is 0.763. The van der Waals surface area contributed by atoms with Gasteiger partial charge in [-0.1, -0.05) is 6.92 Å². The van der Waals surface area contributed by atoms with Gasteiger partial charge < -0.3 is 10.1 Å². The maximum Gasteiger partial charge on any atom is 0.232 e. The number of imidazole rings is 1. The fourth-order valence-corrected chi connectivity index (χ4v) is 1.93. The Morgan fingerprint density at radius 1 is 1.43 bits per heavy atom. The molecule has 1 aromatic rings. The Labute approximate surface area is 84.0 Å². The first-order valence-electron chi connectivity index (χ1n) is 5.28. The molecule has 1 aliphatic rings. The lowest BCUT2D eigenvalue weighted by Crippen LogP contribution is -2.19. The molecule has 0 amide bonds. The van der Waals surface area contributed by atoms with E-state index in [1.54, 1.807) is 0 Å². The van der Waals surface area contributed by atoms with Gasteiger partial charge in [-0.3, -0.25) is 4.90 Å². The number of rotatable bonds is 3. The smallest absolute Gasteiger partial charge is 0.232 e. The minimum absolute atomic E-state index is 0.168. The number of nitrogens with one attached hydrogen (secondary N) is 1. The first kappa shape index (κ1) is 9.52. The molecule has 1 aliphatic heterocycles. The van der Waals surface area contributed by atoms with Crippen molar-refractivity contribution in [1.82, 2.24) is 14.9 Å². The van der Waals surface area contributed by atoms with Gasteiger partial charge in [-0.25, -0.2) is 0 Å². The Morgan fingerprint density at radius 2 is 2.14 bits per heavy atom. The van der Waals surface area contributed by atoms with E-state index in [1.165, 1.54) is 12.8 Å².